The fraction of sp³-hybridized carbons (Fsp3) is 0.167. The summed E-state index contributed by atoms with van der Waals surface area (Å²) in [7, 11) is 0. The zero-order valence-electron chi connectivity index (χ0n) is 12.8. The Bertz CT molecular complexity index is 912. The smallest absolute Gasteiger partial charge is 0.340 e. The van der Waals surface area contributed by atoms with E-state index in [0.29, 0.717) is 11.5 Å². The molecule has 1 aliphatic rings. The van der Waals surface area contributed by atoms with Crippen LogP contribution in [0.15, 0.2) is 48.5 Å². The molecule has 0 fully saturated rings. The second kappa shape index (κ2) is 5.12. The molecule has 2 N–H and O–H groups in total. The fourth-order valence-electron chi connectivity index (χ4n) is 3.24. The maximum absolute atomic E-state index is 12.9. The summed E-state index contributed by atoms with van der Waals surface area (Å²) >= 11 is 0. The van der Waals surface area contributed by atoms with E-state index in [1.165, 1.54) is 11.6 Å². The molecule has 1 aromatic heterocycles. The molecule has 2 aromatic carbocycles. The predicted molar refractivity (Wildman–Crippen MR) is 86.3 cm³/mol. The molecule has 4 rings (SSSR count). The molecule has 0 radical (unpaired) electrons. The van der Waals surface area contributed by atoms with E-state index in [1.807, 2.05) is 18.2 Å². The molecule has 1 aliphatic carbocycles. The van der Waals surface area contributed by atoms with Crippen molar-refractivity contribution in [1.82, 2.24) is 10.2 Å². The second-order valence-electron chi connectivity index (χ2n) is 5.87. The number of aromatic nitrogens is 2. The van der Waals surface area contributed by atoms with Gasteiger partial charge in [-0.25, -0.2) is 0 Å². The van der Waals surface area contributed by atoms with E-state index in [-0.39, 0.29) is 5.92 Å². The lowest BCUT2D eigenvalue weighted by Gasteiger charge is -2.12. The van der Waals surface area contributed by atoms with Gasteiger partial charge in [0.05, 0.1) is 11.3 Å². The maximum Gasteiger partial charge on any atom is 0.416 e. The SMILES string of the molecule is CC1c2ccccc2-c2n[nH]c(Nc3cccc(C(F)(F)F)c3)c21. The quantitative estimate of drug-likeness (QED) is 0.669. The number of hydrogen-bond acceptors (Lipinski definition) is 2. The molecular weight excluding hydrogens is 315 g/mol. The van der Waals surface area contributed by atoms with Crippen LogP contribution in [0.25, 0.3) is 11.3 Å². The lowest BCUT2D eigenvalue weighted by atomic mass is 10.00. The topological polar surface area (TPSA) is 40.7 Å². The van der Waals surface area contributed by atoms with Crippen LogP contribution >= 0.6 is 0 Å². The number of benzene rings is 2. The van der Waals surface area contributed by atoms with E-state index >= 15 is 0 Å². The summed E-state index contributed by atoms with van der Waals surface area (Å²) in [5.74, 6) is 0.760. The van der Waals surface area contributed by atoms with Crippen LogP contribution in [0.2, 0.25) is 0 Å². The zero-order chi connectivity index (χ0) is 16.9. The molecule has 3 aromatic rings. The number of anilines is 2. The summed E-state index contributed by atoms with van der Waals surface area (Å²) in [6.07, 6.45) is -4.36. The molecule has 6 heteroatoms. The molecule has 0 saturated carbocycles. The number of H-pyrrole nitrogens is 1. The van der Waals surface area contributed by atoms with E-state index < -0.39 is 11.7 Å². The van der Waals surface area contributed by atoms with Gasteiger partial charge in [0, 0.05) is 22.7 Å². The normalized spacial score (nSPS) is 15.9. The van der Waals surface area contributed by atoms with Gasteiger partial charge in [0.25, 0.3) is 0 Å². The van der Waals surface area contributed by atoms with Crippen LogP contribution in [0.1, 0.15) is 29.5 Å². The van der Waals surface area contributed by atoms with Crippen molar-refractivity contribution in [3.8, 4) is 11.3 Å². The van der Waals surface area contributed by atoms with Crippen LogP contribution < -0.4 is 5.32 Å². The third kappa shape index (κ3) is 2.26. The molecule has 1 unspecified atom stereocenters. The Labute approximate surface area is 136 Å². The monoisotopic (exact) mass is 329 g/mol. The van der Waals surface area contributed by atoms with Crippen LogP contribution in [0.3, 0.4) is 0 Å². The van der Waals surface area contributed by atoms with Crippen molar-refractivity contribution in [3.63, 3.8) is 0 Å². The average Bonchev–Trinajstić information content (AvgIpc) is 3.08. The highest BCUT2D eigenvalue weighted by Gasteiger charge is 2.32. The third-order valence-corrected chi connectivity index (χ3v) is 4.38. The minimum atomic E-state index is -4.36. The van der Waals surface area contributed by atoms with Gasteiger partial charge >= 0.3 is 6.18 Å². The molecule has 1 atom stereocenters. The van der Waals surface area contributed by atoms with Gasteiger partial charge in [-0.1, -0.05) is 37.3 Å². The fourth-order valence-corrected chi connectivity index (χ4v) is 3.24. The Kier molecular flexibility index (Phi) is 3.16. The van der Waals surface area contributed by atoms with Crippen molar-refractivity contribution in [2.75, 3.05) is 5.32 Å². The minimum absolute atomic E-state index is 0.128. The number of nitrogens with zero attached hydrogens (tertiary/aromatic N) is 1. The van der Waals surface area contributed by atoms with E-state index in [4.69, 9.17) is 0 Å². The Balaban J connectivity index is 1.71. The van der Waals surface area contributed by atoms with Crippen LogP contribution in [-0.2, 0) is 6.18 Å². The van der Waals surface area contributed by atoms with Gasteiger partial charge in [-0.15, -0.1) is 0 Å². The number of rotatable bonds is 2. The third-order valence-electron chi connectivity index (χ3n) is 4.38. The van der Waals surface area contributed by atoms with E-state index in [1.54, 1.807) is 6.07 Å². The molecular formula is C18H14F3N3. The van der Waals surface area contributed by atoms with Crippen molar-refractivity contribution in [2.24, 2.45) is 0 Å². The first-order chi connectivity index (χ1) is 11.4. The zero-order valence-corrected chi connectivity index (χ0v) is 12.8. The summed E-state index contributed by atoms with van der Waals surface area (Å²) in [5.41, 5.74) is 3.77. The lowest BCUT2D eigenvalue weighted by molar-refractivity contribution is -0.137. The van der Waals surface area contributed by atoms with Crippen LogP contribution in [-0.4, -0.2) is 10.2 Å². The van der Waals surface area contributed by atoms with Crippen LogP contribution in [0.4, 0.5) is 24.7 Å². The van der Waals surface area contributed by atoms with Crippen molar-refractivity contribution >= 4 is 11.5 Å². The van der Waals surface area contributed by atoms with Crippen molar-refractivity contribution in [1.29, 1.82) is 0 Å². The summed E-state index contributed by atoms with van der Waals surface area (Å²) in [4.78, 5) is 0. The molecule has 24 heavy (non-hydrogen) atoms. The number of hydrogen-bond donors (Lipinski definition) is 2. The molecule has 0 amide bonds. The molecule has 3 nitrogen and oxygen atoms in total. The van der Waals surface area contributed by atoms with Gasteiger partial charge in [-0.2, -0.15) is 18.3 Å². The summed E-state index contributed by atoms with van der Waals surface area (Å²) in [6, 6.07) is 13.1. The molecule has 0 spiro atoms. The number of nitrogens with one attached hydrogen (secondary N) is 2. The second-order valence-corrected chi connectivity index (χ2v) is 5.87. The van der Waals surface area contributed by atoms with Gasteiger partial charge in [0.2, 0.25) is 0 Å². The standard InChI is InChI=1S/C18H14F3N3/c1-10-13-7-2-3-8-14(13)16-15(10)17(24-23-16)22-12-6-4-5-11(9-12)18(19,20)21/h2-10H,1H3,(H2,22,23,24). The van der Waals surface area contributed by atoms with Crippen molar-refractivity contribution in [3.05, 3.63) is 65.2 Å². The van der Waals surface area contributed by atoms with E-state index in [9.17, 15) is 13.2 Å². The first kappa shape index (κ1) is 14.8. The van der Waals surface area contributed by atoms with Crippen LogP contribution in [0.5, 0.6) is 0 Å². The van der Waals surface area contributed by atoms with Gasteiger partial charge in [-0.05, 0) is 23.8 Å². The highest BCUT2D eigenvalue weighted by Crippen LogP contribution is 2.46. The van der Waals surface area contributed by atoms with Gasteiger partial charge in [0.15, 0.2) is 0 Å². The van der Waals surface area contributed by atoms with Crippen molar-refractivity contribution in [2.45, 2.75) is 19.0 Å². The largest absolute Gasteiger partial charge is 0.416 e. The van der Waals surface area contributed by atoms with Gasteiger partial charge in [-0.3, -0.25) is 5.10 Å². The molecule has 0 saturated heterocycles. The molecule has 0 aliphatic heterocycles. The minimum Gasteiger partial charge on any atom is -0.340 e. The predicted octanol–water partition coefficient (Wildman–Crippen LogP) is 5.30. The Morgan fingerprint density at radius 2 is 1.88 bits per heavy atom. The number of halogens is 3. The first-order valence-electron chi connectivity index (χ1n) is 7.57. The van der Waals surface area contributed by atoms with E-state index in [0.717, 1.165) is 29.0 Å². The molecule has 1 heterocycles. The molecule has 0 bridgehead atoms. The summed E-state index contributed by atoms with van der Waals surface area (Å²) in [5, 5.41) is 10.3. The highest BCUT2D eigenvalue weighted by molar-refractivity contribution is 5.81. The van der Waals surface area contributed by atoms with Gasteiger partial charge < -0.3 is 5.32 Å². The molecule has 122 valence electrons. The lowest BCUT2D eigenvalue weighted by Crippen LogP contribution is -2.05. The van der Waals surface area contributed by atoms with Crippen LogP contribution in [0, 0.1) is 0 Å². The Morgan fingerprint density at radius 1 is 1.08 bits per heavy atom. The Morgan fingerprint density at radius 3 is 2.67 bits per heavy atom. The number of aromatic amines is 1. The average molecular weight is 329 g/mol. The first-order valence-corrected chi connectivity index (χ1v) is 7.57. The highest BCUT2D eigenvalue weighted by atomic mass is 19.4. The van der Waals surface area contributed by atoms with Gasteiger partial charge in [0.1, 0.15) is 5.82 Å². The number of alkyl halides is 3. The number of fused-ring (bicyclic) bond motifs is 3. The summed E-state index contributed by atoms with van der Waals surface area (Å²) in [6.45, 7) is 2.07. The summed E-state index contributed by atoms with van der Waals surface area (Å²) < 4.78 is 38.6. The van der Waals surface area contributed by atoms with E-state index in [2.05, 4.69) is 28.5 Å². The van der Waals surface area contributed by atoms with Crippen molar-refractivity contribution < 1.29 is 13.2 Å². The maximum atomic E-state index is 12.9. The Hall–Kier alpha value is -2.76.